The lowest BCUT2D eigenvalue weighted by Gasteiger charge is -2.15. The van der Waals surface area contributed by atoms with Gasteiger partial charge in [-0.15, -0.1) is 34.2 Å². The van der Waals surface area contributed by atoms with Crippen LogP contribution in [-0.2, 0) is 13.0 Å². The molecule has 1 aromatic rings. The first-order valence-corrected chi connectivity index (χ1v) is 7.72. The van der Waals surface area contributed by atoms with E-state index in [-0.39, 0.29) is 24.0 Å². The fourth-order valence-electron chi connectivity index (χ4n) is 2.69. The molecular formula is C14H28IN7. The van der Waals surface area contributed by atoms with Gasteiger partial charge in [-0.1, -0.05) is 6.92 Å². The van der Waals surface area contributed by atoms with Gasteiger partial charge in [0.05, 0.1) is 0 Å². The van der Waals surface area contributed by atoms with Gasteiger partial charge in [0, 0.05) is 39.6 Å². The fourth-order valence-corrected chi connectivity index (χ4v) is 2.69. The molecule has 2 N–H and O–H groups in total. The molecule has 7 nitrogen and oxygen atoms in total. The molecule has 2 rings (SSSR count). The van der Waals surface area contributed by atoms with E-state index in [0.29, 0.717) is 0 Å². The summed E-state index contributed by atoms with van der Waals surface area (Å²) in [4.78, 5) is 6.65. The van der Waals surface area contributed by atoms with Gasteiger partial charge in [0.25, 0.3) is 0 Å². The summed E-state index contributed by atoms with van der Waals surface area (Å²) in [7, 11) is 3.99. The predicted molar refractivity (Wildman–Crippen MR) is 99.8 cm³/mol. The summed E-state index contributed by atoms with van der Waals surface area (Å²) < 4.78 is 2.08. The predicted octanol–water partition coefficient (Wildman–Crippen LogP) is 0.575. The van der Waals surface area contributed by atoms with Crippen LogP contribution in [0.1, 0.15) is 19.2 Å². The molecule has 2 heterocycles. The molecule has 1 fully saturated rings. The van der Waals surface area contributed by atoms with Crippen molar-refractivity contribution in [3.05, 3.63) is 12.2 Å². The Labute approximate surface area is 150 Å². The quantitative estimate of drug-likeness (QED) is 0.400. The van der Waals surface area contributed by atoms with Gasteiger partial charge in [0.1, 0.15) is 12.2 Å². The largest absolute Gasteiger partial charge is 0.356 e. The molecule has 0 aliphatic carbocycles. The van der Waals surface area contributed by atoms with E-state index in [9.17, 15) is 0 Å². The van der Waals surface area contributed by atoms with Crippen molar-refractivity contribution in [2.45, 2.75) is 26.3 Å². The minimum Gasteiger partial charge on any atom is -0.356 e. The lowest BCUT2D eigenvalue weighted by molar-refractivity contribution is 0.394. The Bertz CT molecular complexity index is 460. The number of nitrogens with zero attached hydrogens (tertiary/aromatic N) is 5. The molecule has 0 spiro atoms. The second kappa shape index (κ2) is 9.98. The van der Waals surface area contributed by atoms with Crippen LogP contribution in [0.5, 0.6) is 0 Å². The second-order valence-electron chi connectivity index (χ2n) is 5.59. The van der Waals surface area contributed by atoms with E-state index in [1.165, 1.54) is 19.5 Å². The van der Waals surface area contributed by atoms with Crippen LogP contribution >= 0.6 is 24.0 Å². The molecule has 1 aliphatic rings. The van der Waals surface area contributed by atoms with E-state index >= 15 is 0 Å². The number of aryl methyl sites for hydroxylation is 1. The fraction of sp³-hybridized carbons (Fsp3) is 0.786. The van der Waals surface area contributed by atoms with Crippen LogP contribution in [0, 0.1) is 5.92 Å². The standard InChI is InChI=1S/C14H27N7.HI/c1-4-13-19-18-11-21(13)8-6-16-14(15-2)17-9-12-5-7-20(3)10-12;/h11-12H,4-10H2,1-3H3,(H2,15,16,17);1H. The van der Waals surface area contributed by atoms with E-state index in [0.717, 1.165) is 43.8 Å². The first-order valence-electron chi connectivity index (χ1n) is 7.72. The molecule has 1 saturated heterocycles. The third kappa shape index (κ3) is 5.71. The highest BCUT2D eigenvalue weighted by atomic mass is 127. The number of aliphatic imine (C=N–C) groups is 1. The summed E-state index contributed by atoms with van der Waals surface area (Å²) in [6.45, 7) is 7.11. The molecule has 8 heteroatoms. The van der Waals surface area contributed by atoms with Crippen molar-refractivity contribution in [3.8, 4) is 0 Å². The smallest absolute Gasteiger partial charge is 0.191 e. The number of guanidine groups is 1. The number of aromatic nitrogens is 3. The molecule has 22 heavy (non-hydrogen) atoms. The van der Waals surface area contributed by atoms with Crippen molar-refractivity contribution in [2.75, 3.05) is 40.3 Å². The highest BCUT2D eigenvalue weighted by molar-refractivity contribution is 14.0. The Hall–Kier alpha value is -0.900. The van der Waals surface area contributed by atoms with E-state index in [1.807, 2.05) is 7.05 Å². The van der Waals surface area contributed by atoms with Gasteiger partial charge in [-0.25, -0.2) is 0 Å². The van der Waals surface area contributed by atoms with Gasteiger partial charge in [0.15, 0.2) is 5.96 Å². The van der Waals surface area contributed by atoms with Crippen LogP contribution < -0.4 is 10.6 Å². The molecule has 1 aliphatic heterocycles. The number of nitrogens with one attached hydrogen (secondary N) is 2. The third-order valence-corrected chi connectivity index (χ3v) is 3.93. The molecule has 0 amide bonds. The summed E-state index contributed by atoms with van der Waals surface area (Å²) >= 11 is 0. The Morgan fingerprint density at radius 1 is 1.45 bits per heavy atom. The van der Waals surface area contributed by atoms with Crippen LogP contribution in [0.4, 0.5) is 0 Å². The highest BCUT2D eigenvalue weighted by Crippen LogP contribution is 2.12. The van der Waals surface area contributed by atoms with Crippen molar-refractivity contribution in [1.82, 2.24) is 30.3 Å². The van der Waals surface area contributed by atoms with Crippen LogP contribution in [0.2, 0.25) is 0 Å². The Morgan fingerprint density at radius 2 is 2.27 bits per heavy atom. The lowest BCUT2D eigenvalue weighted by Crippen LogP contribution is -2.41. The van der Waals surface area contributed by atoms with Crippen LogP contribution in [0.3, 0.4) is 0 Å². The maximum Gasteiger partial charge on any atom is 0.191 e. The van der Waals surface area contributed by atoms with Crippen LogP contribution in [0.15, 0.2) is 11.3 Å². The molecule has 0 radical (unpaired) electrons. The monoisotopic (exact) mass is 421 g/mol. The van der Waals surface area contributed by atoms with Crippen LogP contribution in [0.25, 0.3) is 0 Å². The minimum atomic E-state index is 0. The zero-order valence-electron chi connectivity index (χ0n) is 13.7. The van der Waals surface area contributed by atoms with E-state index in [4.69, 9.17) is 0 Å². The molecule has 1 atom stereocenters. The van der Waals surface area contributed by atoms with E-state index in [2.05, 4.69) is 49.3 Å². The number of hydrogen-bond acceptors (Lipinski definition) is 4. The molecular weight excluding hydrogens is 393 g/mol. The molecule has 126 valence electrons. The van der Waals surface area contributed by atoms with Crippen LogP contribution in [-0.4, -0.2) is 65.9 Å². The Balaban J connectivity index is 0.00000242. The van der Waals surface area contributed by atoms with Gasteiger partial charge in [-0.2, -0.15) is 0 Å². The topological polar surface area (TPSA) is 70.4 Å². The molecule has 1 unspecified atom stereocenters. The highest BCUT2D eigenvalue weighted by Gasteiger charge is 2.19. The molecule has 0 bridgehead atoms. The summed E-state index contributed by atoms with van der Waals surface area (Å²) in [5.41, 5.74) is 0. The van der Waals surface area contributed by atoms with Gasteiger partial charge < -0.3 is 20.1 Å². The number of rotatable bonds is 6. The van der Waals surface area contributed by atoms with Crippen molar-refractivity contribution < 1.29 is 0 Å². The second-order valence-corrected chi connectivity index (χ2v) is 5.59. The van der Waals surface area contributed by atoms with Gasteiger partial charge in [-0.05, 0) is 25.9 Å². The Kier molecular flexibility index (Phi) is 8.69. The molecule has 1 aromatic heterocycles. The molecule has 0 aromatic carbocycles. The minimum absolute atomic E-state index is 0. The first kappa shape index (κ1) is 19.1. The SMILES string of the molecule is CCc1nncn1CCNC(=NC)NCC1CCN(C)C1.I. The number of likely N-dealkylation sites (tertiary alicyclic amines) is 1. The van der Waals surface area contributed by atoms with E-state index < -0.39 is 0 Å². The van der Waals surface area contributed by atoms with Crippen molar-refractivity contribution in [3.63, 3.8) is 0 Å². The third-order valence-electron chi connectivity index (χ3n) is 3.93. The summed E-state index contributed by atoms with van der Waals surface area (Å²) in [6, 6.07) is 0. The number of hydrogen-bond donors (Lipinski definition) is 2. The summed E-state index contributed by atoms with van der Waals surface area (Å²) in [5, 5.41) is 14.8. The maximum atomic E-state index is 4.27. The zero-order valence-corrected chi connectivity index (χ0v) is 16.1. The average Bonchev–Trinajstić information content (AvgIpc) is 3.11. The Morgan fingerprint density at radius 3 is 2.91 bits per heavy atom. The van der Waals surface area contributed by atoms with Crippen molar-refractivity contribution in [1.29, 1.82) is 0 Å². The number of halogens is 1. The lowest BCUT2D eigenvalue weighted by atomic mass is 10.1. The van der Waals surface area contributed by atoms with Gasteiger partial charge in [-0.3, -0.25) is 4.99 Å². The average molecular weight is 421 g/mol. The molecule has 0 saturated carbocycles. The maximum absolute atomic E-state index is 4.27. The summed E-state index contributed by atoms with van der Waals surface area (Å²) in [6.07, 6.45) is 3.95. The van der Waals surface area contributed by atoms with Gasteiger partial charge in [0.2, 0.25) is 0 Å². The van der Waals surface area contributed by atoms with E-state index in [1.54, 1.807) is 6.33 Å². The normalized spacial score (nSPS) is 19.0. The zero-order chi connectivity index (χ0) is 15.1. The summed E-state index contributed by atoms with van der Waals surface area (Å²) in [5.74, 6) is 2.61. The van der Waals surface area contributed by atoms with Crippen molar-refractivity contribution in [2.24, 2.45) is 10.9 Å². The van der Waals surface area contributed by atoms with Gasteiger partial charge >= 0.3 is 0 Å². The first-order chi connectivity index (χ1) is 10.2. The van der Waals surface area contributed by atoms with Crippen molar-refractivity contribution >= 4 is 29.9 Å².